The summed E-state index contributed by atoms with van der Waals surface area (Å²) >= 11 is 7.59. The number of hydrogen-bond donors (Lipinski definition) is 1. The van der Waals surface area contributed by atoms with Gasteiger partial charge >= 0.3 is 0 Å². The summed E-state index contributed by atoms with van der Waals surface area (Å²) in [5.41, 5.74) is 1.88. The van der Waals surface area contributed by atoms with Crippen LogP contribution in [0.15, 0.2) is 65.0 Å². The van der Waals surface area contributed by atoms with E-state index in [9.17, 15) is 8.42 Å². The third-order valence-electron chi connectivity index (χ3n) is 4.52. The molecule has 1 unspecified atom stereocenters. The number of hydrogen-bond acceptors (Lipinski definition) is 5. The molecule has 1 fully saturated rings. The molecule has 0 amide bonds. The van der Waals surface area contributed by atoms with Gasteiger partial charge in [-0.15, -0.1) is 11.3 Å². The van der Waals surface area contributed by atoms with Gasteiger partial charge in [-0.3, -0.25) is 0 Å². The van der Waals surface area contributed by atoms with E-state index in [2.05, 4.69) is 14.6 Å². The predicted octanol–water partition coefficient (Wildman–Crippen LogP) is 4.02. The van der Waals surface area contributed by atoms with E-state index in [-0.39, 0.29) is 10.9 Å². The molecule has 5 nitrogen and oxygen atoms in total. The Hall–Kier alpha value is -1.93. The summed E-state index contributed by atoms with van der Waals surface area (Å²) in [7, 11) is -3.56. The van der Waals surface area contributed by atoms with Crippen molar-refractivity contribution in [1.29, 1.82) is 0 Å². The Morgan fingerprint density at radius 1 is 1.15 bits per heavy atom. The van der Waals surface area contributed by atoms with Gasteiger partial charge in [0, 0.05) is 35.7 Å². The third-order valence-corrected chi connectivity index (χ3v) is 7.13. The van der Waals surface area contributed by atoms with Crippen LogP contribution in [0.4, 0.5) is 5.13 Å². The number of thiazole rings is 1. The zero-order valence-electron chi connectivity index (χ0n) is 14.4. The van der Waals surface area contributed by atoms with Crippen LogP contribution < -0.4 is 9.62 Å². The predicted molar refractivity (Wildman–Crippen MR) is 110 cm³/mol. The van der Waals surface area contributed by atoms with Crippen LogP contribution >= 0.6 is 22.9 Å². The second kappa shape index (κ2) is 7.59. The van der Waals surface area contributed by atoms with Crippen LogP contribution in [0.1, 0.15) is 6.42 Å². The van der Waals surface area contributed by atoms with Crippen molar-refractivity contribution in [3.63, 3.8) is 0 Å². The van der Waals surface area contributed by atoms with E-state index in [0.29, 0.717) is 11.6 Å². The zero-order valence-corrected chi connectivity index (χ0v) is 16.8. The highest BCUT2D eigenvalue weighted by molar-refractivity contribution is 7.89. The van der Waals surface area contributed by atoms with Crippen LogP contribution in [0.5, 0.6) is 0 Å². The minimum Gasteiger partial charge on any atom is -0.346 e. The van der Waals surface area contributed by atoms with Crippen molar-refractivity contribution in [3.05, 3.63) is 65.1 Å². The smallest absolute Gasteiger partial charge is 0.240 e. The molecule has 0 radical (unpaired) electrons. The topological polar surface area (TPSA) is 62.3 Å². The first-order chi connectivity index (χ1) is 13.0. The lowest BCUT2D eigenvalue weighted by atomic mass is 10.1. The average molecular weight is 420 g/mol. The van der Waals surface area contributed by atoms with E-state index < -0.39 is 10.0 Å². The molecule has 0 aliphatic carbocycles. The van der Waals surface area contributed by atoms with Gasteiger partial charge in [0.25, 0.3) is 0 Å². The summed E-state index contributed by atoms with van der Waals surface area (Å²) < 4.78 is 28.3. The average Bonchev–Trinajstić information content (AvgIpc) is 3.33. The van der Waals surface area contributed by atoms with Crippen LogP contribution in [0.25, 0.3) is 11.1 Å². The maximum atomic E-state index is 12.7. The maximum Gasteiger partial charge on any atom is 0.240 e. The Morgan fingerprint density at radius 3 is 2.67 bits per heavy atom. The summed E-state index contributed by atoms with van der Waals surface area (Å²) in [6.07, 6.45) is 2.53. The van der Waals surface area contributed by atoms with Crippen LogP contribution in [0, 0.1) is 0 Å². The zero-order chi connectivity index (χ0) is 18.9. The summed E-state index contributed by atoms with van der Waals surface area (Å²) in [6.45, 7) is 1.43. The SMILES string of the molecule is O=S(=O)(NC1CCN(c2nccs2)C1)c1ccc(-c2cccc(Cl)c2)cc1. The normalized spacial score (nSPS) is 17.4. The van der Waals surface area contributed by atoms with Gasteiger partial charge in [0.1, 0.15) is 0 Å². The van der Waals surface area contributed by atoms with Gasteiger partial charge in [0.05, 0.1) is 4.90 Å². The summed E-state index contributed by atoms with van der Waals surface area (Å²) in [5, 5.41) is 3.51. The van der Waals surface area contributed by atoms with Crippen molar-refractivity contribution >= 4 is 38.1 Å². The number of benzene rings is 2. The monoisotopic (exact) mass is 419 g/mol. The molecule has 0 spiro atoms. The second-order valence-corrected chi connectivity index (χ2v) is 9.43. The highest BCUT2D eigenvalue weighted by atomic mass is 35.5. The van der Waals surface area contributed by atoms with Gasteiger partial charge in [0.15, 0.2) is 5.13 Å². The van der Waals surface area contributed by atoms with E-state index in [1.807, 2.05) is 29.6 Å². The van der Waals surface area contributed by atoms with Gasteiger partial charge in [0.2, 0.25) is 10.0 Å². The molecule has 140 valence electrons. The molecule has 1 saturated heterocycles. The van der Waals surface area contributed by atoms with Crippen molar-refractivity contribution in [3.8, 4) is 11.1 Å². The minimum atomic E-state index is -3.56. The fraction of sp³-hybridized carbons (Fsp3) is 0.211. The molecule has 1 atom stereocenters. The van der Waals surface area contributed by atoms with E-state index in [0.717, 1.165) is 29.2 Å². The molecule has 1 aromatic heterocycles. The molecule has 2 aromatic carbocycles. The highest BCUT2D eigenvalue weighted by Crippen LogP contribution is 2.25. The van der Waals surface area contributed by atoms with Gasteiger partial charge in [-0.05, 0) is 41.8 Å². The van der Waals surface area contributed by atoms with Crippen LogP contribution in [0.3, 0.4) is 0 Å². The minimum absolute atomic E-state index is 0.119. The fourth-order valence-corrected chi connectivity index (χ4v) is 5.32. The van der Waals surface area contributed by atoms with Gasteiger partial charge in [-0.1, -0.05) is 35.9 Å². The number of anilines is 1. The molecular weight excluding hydrogens is 402 g/mol. The van der Waals surface area contributed by atoms with E-state index in [1.54, 1.807) is 41.8 Å². The highest BCUT2D eigenvalue weighted by Gasteiger charge is 2.28. The third kappa shape index (κ3) is 4.16. The molecule has 1 N–H and O–H groups in total. The molecule has 3 aromatic rings. The van der Waals surface area contributed by atoms with E-state index >= 15 is 0 Å². The number of aromatic nitrogens is 1. The quantitative estimate of drug-likeness (QED) is 0.678. The van der Waals surface area contributed by atoms with Gasteiger partial charge in [-0.25, -0.2) is 18.1 Å². The van der Waals surface area contributed by atoms with Crippen LogP contribution in [-0.2, 0) is 10.0 Å². The molecule has 0 bridgehead atoms. The molecule has 4 rings (SSSR count). The number of nitrogens with one attached hydrogen (secondary N) is 1. The lowest BCUT2D eigenvalue weighted by Gasteiger charge is -2.16. The van der Waals surface area contributed by atoms with E-state index in [4.69, 9.17) is 11.6 Å². The van der Waals surface area contributed by atoms with Crippen molar-refractivity contribution in [2.24, 2.45) is 0 Å². The van der Waals surface area contributed by atoms with Crippen molar-refractivity contribution in [1.82, 2.24) is 9.71 Å². The lowest BCUT2D eigenvalue weighted by Crippen LogP contribution is -2.37. The summed E-state index contributed by atoms with van der Waals surface area (Å²) in [5.74, 6) is 0. The molecule has 1 aliphatic heterocycles. The molecule has 8 heteroatoms. The van der Waals surface area contributed by atoms with Crippen LogP contribution in [-0.4, -0.2) is 32.5 Å². The Balaban J connectivity index is 1.46. The van der Waals surface area contributed by atoms with Crippen molar-refractivity contribution in [2.45, 2.75) is 17.4 Å². The molecule has 0 saturated carbocycles. The van der Waals surface area contributed by atoms with Gasteiger partial charge < -0.3 is 4.90 Å². The summed E-state index contributed by atoms with van der Waals surface area (Å²) in [4.78, 5) is 6.67. The first-order valence-electron chi connectivity index (χ1n) is 8.54. The van der Waals surface area contributed by atoms with Crippen LogP contribution in [0.2, 0.25) is 5.02 Å². The fourth-order valence-electron chi connectivity index (χ4n) is 3.18. The number of nitrogens with zero attached hydrogens (tertiary/aromatic N) is 2. The van der Waals surface area contributed by atoms with Gasteiger partial charge in [-0.2, -0.15) is 0 Å². The second-order valence-electron chi connectivity index (χ2n) is 6.40. The Morgan fingerprint density at radius 2 is 1.96 bits per heavy atom. The lowest BCUT2D eigenvalue weighted by molar-refractivity contribution is 0.561. The Kier molecular flexibility index (Phi) is 5.19. The number of sulfonamides is 1. The van der Waals surface area contributed by atoms with E-state index in [1.165, 1.54) is 0 Å². The maximum absolute atomic E-state index is 12.7. The molecule has 1 aliphatic rings. The molecule has 2 heterocycles. The van der Waals surface area contributed by atoms with Crippen molar-refractivity contribution in [2.75, 3.05) is 18.0 Å². The molecular formula is C19H18ClN3O2S2. The number of halogens is 1. The first-order valence-corrected chi connectivity index (χ1v) is 11.3. The summed E-state index contributed by atoms with van der Waals surface area (Å²) in [6, 6.07) is 14.2. The van der Waals surface area contributed by atoms with Crippen molar-refractivity contribution < 1.29 is 8.42 Å². The Bertz CT molecular complexity index is 1020. The largest absolute Gasteiger partial charge is 0.346 e. The number of rotatable bonds is 5. The Labute approximate surface area is 167 Å². The standard InChI is InChI=1S/C19H18ClN3O2S2/c20-16-3-1-2-15(12-16)14-4-6-18(7-5-14)27(24,25)22-17-8-10-23(13-17)19-21-9-11-26-19/h1-7,9,11-12,17,22H,8,10,13H2. The molecule has 27 heavy (non-hydrogen) atoms. The first kappa shape index (κ1) is 18.4.